The molecule has 0 bridgehead atoms. The Balaban J connectivity index is 2.09. The van der Waals surface area contributed by atoms with Crippen molar-refractivity contribution >= 4 is 18.0 Å². The molecule has 0 heterocycles. The Labute approximate surface area is 156 Å². The lowest BCUT2D eigenvalue weighted by Crippen LogP contribution is -2.25. The van der Waals surface area contributed by atoms with Crippen LogP contribution in [0.3, 0.4) is 0 Å². The lowest BCUT2D eigenvalue weighted by atomic mass is 10.1. The van der Waals surface area contributed by atoms with E-state index in [-0.39, 0.29) is 6.61 Å². The molecule has 0 saturated carbocycles. The number of rotatable bonds is 8. The van der Waals surface area contributed by atoms with E-state index in [4.69, 9.17) is 25.2 Å². The maximum absolute atomic E-state index is 12.1. The molecule has 0 aliphatic rings. The van der Waals surface area contributed by atoms with Gasteiger partial charge in [0.2, 0.25) is 6.10 Å². The monoisotopic (exact) mass is 366 g/mol. The number of amides is 1. The first kappa shape index (κ1) is 19.5. The summed E-state index contributed by atoms with van der Waals surface area (Å²) in [5.41, 5.74) is 6.46. The van der Waals surface area contributed by atoms with Crippen molar-refractivity contribution in [3.8, 4) is 17.6 Å². The zero-order valence-electron chi connectivity index (χ0n) is 14.6. The fourth-order valence-electron chi connectivity index (χ4n) is 2.26. The van der Waals surface area contributed by atoms with Gasteiger partial charge in [-0.1, -0.05) is 36.4 Å². The molecule has 1 unspecified atom stereocenters. The molecule has 2 aromatic rings. The summed E-state index contributed by atoms with van der Waals surface area (Å²) >= 11 is 0. The van der Waals surface area contributed by atoms with Crippen molar-refractivity contribution in [3.05, 3.63) is 65.7 Å². The van der Waals surface area contributed by atoms with Crippen molar-refractivity contribution in [3.63, 3.8) is 0 Å². The SMILES string of the molecule is COc1cc(C=CC(=O)OC(C(N)=O)c2ccccc2)ccc1OCC#N. The summed E-state index contributed by atoms with van der Waals surface area (Å²) in [5, 5.41) is 8.57. The second-order valence-corrected chi connectivity index (χ2v) is 5.32. The Morgan fingerprint density at radius 1 is 1.19 bits per heavy atom. The number of nitriles is 1. The van der Waals surface area contributed by atoms with Gasteiger partial charge in [0.15, 0.2) is 18.1 Å². The third-order valence-electron chi connectivity index (χ3n) is 3.49. The molecular formula is C20H18N2O5. The van der Waals surface area contributed by atoms with Gasteiger partial charge in [-0.2, -0.15) is 5.26 Å². The molecule has 0 aliphatic heterocycles. The van der Waals surface area contributed by atoms with Crippen LogP contribution >= 0.6 is 0 Å². The number of benzene rings is 2. The Kier molecular flexibility index (Phi) is 6.97. The van der Waals surface area contributed by atoms with E-state index in [1.54, 1.807) is 48.5 Å². The Hall–Kier alpha value is -3.79. The molecule has 27 heavy (non-hydrogen) atoms. The van der Waals surface area contributed by atoms with E-state index in [2.05, 4.69) is 0 Å². The molecule has 1 amide bonds. The lowest BCUT2D eigenvalue weighted by Gasteiger charge is -2.13. The van der Waals surface area contributed by atoms with Crippen molar-refractivity contribution in [1.82, 2.24) is 0 Å². The topological polar surface area (TPSA) is 112 Å². The Bertz CT molecular complexity index is 872. The van der Waals surface area contributed by atoms with E-state index in [1.807, 2.05) is 6.07 Å². The van der Waals surface area contributed by atoms with Crippen LogP contribution in [0.1, 0.15) is 17.2 Å². The maximum Gasteiger partial charge on any atom is 0.331 e. The summed E-state index contributed by atoms with van der Waals surface area (Å²) in [7, 11) is 1.47. The fourth-order valence-corrected chi connectivity index (χ4v) is 2.26. The van der Waals surface area contributed by atoms with Crippen LogP contribution < -0.4 is 15.2 Å². The van der Waals surface area contributed by atoms with Crippen molar-refractivity contribution < 1.29 is 23.8 Å². The smallest absolute Gasteiger partial charge is 0.331 e. The highest BCUT2D eigenvalue weighted by molar-refractivity contribution is 5.90. The van der Waals surface area contributed by atoms with Gasteiger partial charge in [-0.3, -0.25) is 4.79 Å². The van der Waals surface area contributed by atoms with Gasteiger partial charge in [0.1, 0.15) is 6.07 Å². The molecule has 0 aromatic heterocycles. The molecule has 138 valence electrons. The average molecular weight is 366 g/mol. The molecule has 0 saturated heterocycles. The van der Waals surface area contributed by atoms with E-state index < -0.39 is 18.0 Å². The van der Waals surface area contributed by atoms with Crippen LogP contribution in [0.4, 0.5) is 0 Å². The number of primary amides is 1. The van der Waals surface area contributed by atoms with Crippen LogP contribution in [0.2, 0.25) is 0 Å². The van der Waals surface area contributed by atoms with E-state index in [1.165, 1.54) is 19.3 Å². The standard InChI is InChI=1S/C20H18N2O5/c1-25-17-13-14(7-9-16(17)26-12-11-21)8-10-18(23)27-19(20(22)24)15-5-3-2-4-6-15/h2-10,13,19H,12H2,1H3,(H2,22,24). The number of methoxy groups -OCH3 is 1. The zero-order chi connectivity index (χ0) is 19.6. The van der Waals surface area contributed by atoms with Gasteiger partial charge < -0.3 is 19.9 Å². The van der Waals surface area contributed by atoms with Crippen LogP contribution in [-0.4, -0.2) is 25.6 Å². The largest absolute Gasteiger partial charge is 0.493 e. The molecule has 0 aliphatic carbocycles. The molecule has 2 rings (SSSR count). The molecule has 2 aromatic carbocycles. The summed E-state index contributed by atoms with van der Waals surface area (Å²) in [5.74, 6) is -0.647. The molecule has 1 atom stereocenters. The predicted octanol–water partition coefficient (Wildman–Crippen LogP) is 2.38. The zero-order valence-corrected chi connectivity index (χ0v) is 14.6. The maximum atomic E-state index is 12.1. The fraction of sp³-hybridized carbons (Fsp3) is 0.150. The van der Waals surface area contributed by atoms with Crippen molar-refractivity contribution in [1.29, 1.82) is 5.26 Å². The number of hydrogen-bond acceptors (Lipinski definition) is 6. The quantitative estimate of drug-likeness (QED) is 0.567. The average Bonchev–Trinajstić information content (AvgIpc) is 2.69. The van der Waals surface area contributed by atoms with E-state index in [0.29, 0.717) is 22.6 Å². The second-order valence-electron chi connectivity index (χ2n) is 5.32. The Morgan fingerprint density at radius 3 is 2.56 bits per heavy atom. The van der Waals surface area contributed by atoms with Gasteiger partial charge in [0.25, 0.3) is 5.91 Å². The van der Waals surface area contributed by atoms with Crippen molar-refractivity contribution in [2.45, 2.75) is 6.10 Å². The molecule has 0 radical (unpaired) electrons. The van der Waals surface area contributed by atoms with Crippen LogP contribution in [0.15, 0.2) is 54.6 Å². The number of nitrogens with zero attached hydrogens (tertiary/aromatic N) is 1. The summed E-state index contributed by atoms with van der Waals surface area (Å²) in [6.45, 7) is -0.105. The molecule has 7 nitrogen and oxygen atoms in total. The number of nitrogens with two attached hydrogens (primary N) is 1. The first-order chi connectivity index (χ1) is 13.0. The third-order valence-corrected chi connectivity index (χ3v) is 3.49. The molecule has 0 fully saturated rings. The lowest BCUT2D eigenvalue weighted by molar-refractivity contribution is -0.150. The van der Waals surface area contributed by atoms with Crippen molar-refractivity contribution in [2.24, 2.45) is 5.73 Å². The highest BCUT2D eigenvalue weighted by atomic mass is 16.5. The number of esters is 1. The normalized spacial score (nSPS) is 11.4. The molecular weight excluding hydrogens is 348 g/mol. The number of hydrogen-bond donors (Lipinski definition) is 1. The summed E-state index contributed by atoms with van der Waals surface area (Å²) < 4.78 is 15.6. The minimum absolute atomic E-state index is 0.105. The van der Waals surface area contributed by atoms with E-state index in [9.17, 15) is 9.59 Å². The van der Waals surface area contributed by atoms with E-state index in [0.717, 1.165) is 0 Å². The minimum atomic E-state index is -1.17. The number of ether oxygens (including phenoxy) is 3. The van der Waals surface area contributed by atoms with Gasteiger partial charge in [0, 0.05) is 11.6 Å². The van der Waals surface area contributed by atoms with Crippen LogP contribution in [-0.2, 0) is 14.3 Å². The Morgan fingerprint density at radius 2 is 1.93 bits per heavy atom. The van der Waals surface area contributed by atoms with Crippen LogP contribution in [0, 0.1) is 11.3 Å². The first-order valence-electron chi connectivity index (χ1n) is 7.96. The molecule has 2 N–H and O–H groups in total. The number of carbonyl (C=O) groups excluding carboxylic acids is 2. The van der Waals surface area contributed by atoms with Gasteiger partial charge >= 0.3 is 5.97 Å². The molecule has 0 spiro atoms. The van der Waals surface area contributed by atoms with Crippen LogP contribution in [0.5, 0.6) is 11.5 Å². The highest BCUT2D eigenvalue weighted by Crippen LogP contribution is 2.28. The second kappa shape index (κ2) is 9.63. The third kappa shape index (κ3) is 5.61. The predicted molar refractivity (Wildman–Crippen MR) is 97.6 cm³/mol. The summed E-state index contributed by atoms with van der Waals surface area (Å²) in [6.07, 6.45) is 1.52. The first-order valence-corrected chi connectivity index (χ1v) is 7.96. The van der Waals surface area contributed by atoms with Gasteiger partial charge in [-0.05, 0) is 23.8 Å². The van der Waals surface area contributed by atoms with Crippen LogP contribution in [0.25, 0.3) is 6.08 Å². The highest BCUT2D eigenvalue weighted by Gasteiger charge is 2.21. The number of carbonyl (C=O) groups is 2. The summed E-state index contributed by atoms with van der Waals surface area (Å²) in [6, 6.07) is 15.3. The van der Waals surface area contributed by atoms with Gasteiger partial charge in [0.05, 0.1) is 7.11 Å². The van der Waals surface area contributed by atoms with Gasteiger partial charge in [-0.25, -0.2) is 4.79 Å². The minimum Gasteiger partial charge on any atom is -0.493 e. The molecule has 7 heteroatoms. The van der Waals surface area contributed by atoms with Gasteiger partial charge in [-0.15, -0.1) is 0 Å². The summed E-state index contributed by atoms with van der Waals surface area (Å²) in [4.78, 5) is 23.6. The van der Waals surface area contributed by atoms with Crippen molar-refractivity contribution in [2.75, 3.05) is 13.7 Å². The van der Waals surface area contributed by atoms with E-state index >= 15 is 0 Å².